The molecule has 6 heteroatoms. The lowest BCUT2D eigenvalue weighted by Crippen LogP contribution is -2.24. The molecule has 148 valence electrons. The van der Waals surface area contributed by atoms with Crippen molar-refractivity contribution in [3.05, 3.63) is 24.3 Å². The fourth-order valence-electron chi connectivity index (χ4n) is 3.37. The van der Waals surface area contributed by atoms with E-state index in [1.54, 1.807) is 12.2 Å². The maximum Gasteiger partial charge on any atom is 0.303 e. The number of carboxylic acid groups (broad SMARTS) is 1. The largest absolute Gasteiger partial charge is 0.481 e. The van der Waals surface area contributed by atoms with Crippen molar-refractivity contribution in [3.8, 4) is 0 Å². The Labute approximate surface area is 155 Å². The van der Waals surface area contributed by atoms with Gasteiger partial charge in [0.05, 0.1) is 18.3 Å². The van der Waals surface area contributed by atoms with Crippen LogP contribution < -0.4 is 0 Å². The molecule has 0 aromatic heterocycles. The van der Waals surface area contributed by atoms with Crippen LogP contribution in [0.2, 0.25) is 0 Å². The first kappa shape index (κ1) is 22.5. The van der Waals surface area contributed by atoms with Gasteiger partial charge in [-0.25, -0.2) is 0 Å². The number of carbonyl (C=O) groups excluding carboxylic acids is 1. The van der Waals surface area contributed by atoms with E-state index in [4.69, 9.17) is 5.11 Å². The number of aliphatic hydroxyl groups is 3. The number of carboxylic acids is 1. The average Bonchev–Trinajstić information content (AvgIpc) is 2.83. The predicted molar refractivity (Wildman–Crippen MR) is 98.5 cm³/mol. The minimum absolute atomic E-state index is 0.0293. The number of aliphatic hydroxyl groups excluding tert-OH is 3. The highest BCUT2D eigenvalue weighted by atomic mass is 16.4. The van der Waals surface area contributed by atoms with Gasteiger partial charge in [0.25, 0.3) is 0 Å². The summed E-state index contributed by atoms with van der Waals surface area (Å²) in [7, 11) is 0. The normalized spacial score (nSPS) is 27.4. The van der Waals surface area contributed by atoms with Gasteiger partial charge in [-0.15, -0.1) is 0 Å². The van der Waals surface area contributed by atoms with E-state index in [2.05, 4.69) is 0 Å². The molecule has 1 aliphatic rings. The van der Waals surface area contributed by atoms with Gasteiger partial charge in [-0.2, -0.15) is 0 Å². The summed E-state index contributed by atoms with van der Waals surface area (Å²) in [5.74, 6) is -1.63. The quantitative estimate of drug-likeness (QED) is 0.310. The predicted octanol–water partition coefficient (Wildman–Crippen LogP) is 2.22. The van der Waals surface area contributed by atoms with E-state index >= 15 is 0 Å². The Morgan fingerprint density at radius 1 is 1.12 bits per heavy atom. The number of Topliss-reactive ketones (excluding diaryl/α,β-unsaturated/α-hetero) is 1. The Balaban J connectivity index is 2.54. The zero-order chi connectivity index (χ0) is 19.5. The van der Waals surface area contributed by atoms with Gasteiger partial charge in [-0.05, 0) is 25.7 Å². The van der Waals surface area contributed by atoms with E-state index in [1.165, 1.54) is 0 Å². The molecule has 0 amide bonds. The number of aliphatic carboxylic acids is 1. The number of ketones is 1. The summed E-state index contributed by atoms with van der Waals surface area (Å²) in [6.07, 6.45) is 8.14. The number of unbranched alkanes of at least 4 members (excludes halogenated alkanes) is 1. The second kappa shape index (κ2) is 12.0. The van der Waals surface area contributed by atoms with Crippen molar-refractivity contribution in [1.29, 1.82) is 0 Å². The summed E-state index contributed by atoms with van der Waals surface area (Å²) in [6, 6.07) is 0. The van der Waals surface area contributed by atoms with Gasteiger partial charge in [-0.1, -0.05) is 31.2 Å². The molecule has 1 aliphatic carbocycles. The van der Waals surface area contributed by atoms with Crippen LogP contribution in [0, 0.1) is 11.8 Å². The molecule has 0 aromatic carbocycles. The molecule has 6 nitrogen and oxygen atoms in total. The van der Waals surface area contributed by atoms with E-state index in [-0.39, 0.29) is 43.3 Å². The lowest BCUT2D eigenvalue weighted by atomic mass is 9.87. The Hall–Kier alpha value is -1.50. The topological polar surface area (TPSA) is 115 Å². The zero-order valence-electron chi connectivity index (χ0n) is 15.5. The third-order valence-corrected chi connectivity index (χ3v) is 4.81. The van der Waals surface area contributed by atoms with E-state index in [1.807, 2.05) is 19.1 Å². The maximum absolute atomic E-state index is 12.1. The molecule has 0 unspecified atom stereocenters. The summed E-state index contributed by atoms with van der Waals surface area (Å²) in [5.41, 5.74) is 0. The first-order valence-electron chi connectivity index (χ1n) is 9.46. The zero-order valence-corrected chi connectivity index (χ0v) is 15.5. The minimum Gasteiger partial charge on any atom is -0.481 e. The molecule has 0 radical (unpaired) electrons. The van der Waals surface area contributed by atoms with Gasteiger partial charge in [0.2, 0.25) is 0 Å². The van der Waals surface area contributed by atoms with E-state index in [9.17, 15) is 24.9 Å². The van der Waals surface area contributed by atoms with Crippen LogP contribution in [-0.2, 0) is 9.59 Å². The molecule has 1 rings (SSSR count). The third-order valence-electron chi connectivity index (χ3n) is 4.81. The van der Waals surface area contributed by atoms with Gasteiger partial charge in [0.1, 0.15) is 5.78 Å². The first-order valence-corrected chi connectivity index (χ1v) is 9.46. The van der Waals surface area contributed by atoms with Crippen LogP contribution in [0.3, 0.4) is 0 Å². The van der Waals surface area contributed by atoms with Crippen LogP contribution in [0.1, 0.15) is 58.3 Å². The van der Waals surface area contributed by atoms with Crippen molar-refractivity contribution >= 4 is 11.8 Å². The Morgan fingerprint density at radius 2 is 1.81 bits per heavy atom. The fraction of sp³-hybridized carbons (Fsp3) is 0.700. The van der Waals surface area contributed by atoms with Crippen molar-refractivity contribution < 1.29 is 30.0 Å². The molecule has 0 spiro atoms. The highest BCUT2D eigenvalue weighted by Crippen LogP contribution is 2.36. The molecule has 1 saturated carbocycles. The Kier molecular flexibility index (Phi) is 10.4. The molecular weight excluding hydrogens is 336 g/mol. The molecule has 5 atom stereocenters. The van der Waals surface area contributed by atoms with Gasteiger partial charge in [0, 0.05) is 37.5 Å². The molecule has 0 heterocycles. The van der Waals surface area contributed by atoms with Gasteiger partial charge >= 0.3 is 5.97 Å². The number of hydrogen-bond acceptors (Lipinski definition) is 5. The lowest BCUT2D eigenvalue weighted by Gasteiger charge is -2.20. The standard InChI is InChI=1S/C20H32O6/c1-2-3-4-7-14(21)10-11-16-17(19(24)13-18(16)23)12-15(22)8-5-6-9-20(25)26/h3-4,10-11,14,16-19,21,23-24H,2,5-9,12-13H2,1H3,(H,25,26)/b4-3+,11-10-/t14-,16+,17+,18+,19-/m0/s1. The van der Waals surface area contributed by atoms with Crippen molar-refractivity contribution in [2.45, 2.75) is 76.6 Å². The van der Waals surface area contributed by atoms with Crippen LogP contribution in [0.25, 0.3) is 0 Å². The smallest absolute Gasteiger partial charge is 0.303 e. The van der Waals surface area contributed by atoms with Crippen molar-refractivity contribution in [1.82, 2.24) is 0 Å². The molecule has 0 saturated heterocycles. The maximum atomic E-state index is 12.1. The van der Waals surface area contributed by atoms with Crippen molar-refractivity contribution in [3.63, 3.8) is 0 Å². The Morgan fingerprint density at radius 3 is 2.46 bits per heavy atom. The third kappa shape index (κ3) is 8.25. The molecule has 0 aliphatic heterocycles. The van der Waals surface area contributed by atoms with Crippen LogP contribution >= 0.6 is 0 Å². The highest BCUT2D eigenvalue weighted by Gasteiger charge is 2.41. The molecule has 1 fully saturated rings. The average molecular weight is 368 g/mol. The van der Waals surface area contributed by atoms with Crippen LogP contribution in [0.15, 0.2) is 24.3 Å². The van der Waals surface area contributed by atoms with Crippen LogP contribution in [0.5, 0.6) is 0 Å². The monoisotopic (exact) mass is 368 g/mol. The first-order chi connectivity index (χ1) is 12.3. The van der Waals surface area contributed by atoms with E-state index in [0.717, 1.165) is 6.42 Å². The summed E-state index contributed by atoms with van der Waals surface area (Å²) in [5, 5.41) is 38.9. The SMILES string of the molecule is CC/C=C/C[C@H](O)/C=C\[C@@H]1[C@@H](CC(=O)CCCCC(=O)O)[C@@H](O)C[C@H]1O. The second-order valence-corrected chi connectivity index (χ2v) is 7.02. The molecule has 0 bridgehead atoms. The minimum atomic E-state index is -0.871. The summed E-state index contributed by atoms with van der Waals surface area (Å²) in [4.78, 5) is 22.6. The molecule has 4 N–H and O–H groups in total. The Bertz CT molecular complexity index is 499. The van der Waals surface area contributed by atoms with Crippen LogP contribution in [0.4, 0.5) is 0 Å². The van der Waals surface area contributed by atoms with Gasteiger partial charge < -0.3 is 20.4 Å². The molecule has 0 aromatic rings. The second-order valence-electron chi connectivity index (χ2n) is 7.02. The van der Waals surface area contributed by atoms with Crippen molar-refractivity contribution in [2.24, 2.45) is 11.8 Å². The molecular formula is C20H32O6. The van der Waals surface area contributed by atoms with Gasteiger partial charge in [0.15, 0.2) is 0 Å². The molecule has 26 heavy (non-hydrogen) atoms. The number of rotatable bonds is 12. The van der Waals surface area contributed by atoms with Gasteiger partial charge in [-0.3, -0.25) is 9.59 Å². The number of allylic oxidation sites excluding steroid dienone is 1. The fourth-order valence-corrected chi connectivity index (χ4v) is 3.37. The van der Waals surface area contributed by atoms with E-state index in [0.29, 0.717) is 19.3 Å². The van der Waals surface area contributed by atoms with E-state index < -0.39 is 24.3 Å². The number of hydrogen-bond donors (Lipinski definition) is 4. The highest BCUT2D eigenvalue weighted by molar-refractivity contribution is 5.78. The van der Waals surface area contributed by atoms with Crippen molar-refractivity contribution in [2.75, 3.05) is 0 Å². The number of carbonyl (C=O) groups is 2. The summed E-state index contributed by atoms with van der Waals surface area (Å²) in [6.45, 7) is 2.01. The van der Waals surface area contributed by atoms with Crippen LogP contribution in [-0.4, -0.2) is 50.5 Å². The summed E-state index contributed by atoms with van der Waals surface area (Å²) < 4.78 is 0. The lowest BCUT2D eigenvalue weighted by molar-refractivity contribution is -0.137. The summed E-state index contributed by atoms with van der Waals surface area (Å²) >= 11 is 0.